The predicted molar refractivity (Wildman–Crippen MR) is 87.3 cm³/mol. The van der Waals surface area contributed by atoms with Gasteiger partial charge >= 0.3 is 0 Å². The second-order valence-electron chi connectivity index (χ2n) is 7.43. The second-order valence-corrected chi connectivity index (χ2v) is 7.43. The van der Waals surface area contributed by atoms with Crippen LogP contribution < -0.4 is 0 Å². The molecule has 120 valence electrons. The van der Waals surface area contributed by atoms with E-state index >= 15 is 0 Å². The summed E-state index contributed by atoms with van der Waals surface area (Å²) in [7, 11) is 0. The van der Waals surface area contributed by atoms with Crippen LogP contribution in [0.3, 0.4) is 0 Å². The van der Waals surface area contributed by atoms with Crippen LogP contribution in [0.2, 0.25) is 0 Å². The number of carbonyl (C=O) groups is 1. The maximum Gasteiger partial charge on any atom is 0.126 e. The minimum absolute atomic E-state index is 0.0631. The van der Waals surface area contributed by atoms with Crippen LogP contribution in [0.25, 0.3) is 0 Å². The average Bonchev–Trinajstić information content (AvgIpc) is 2.58. The van der Waals surface area contributed by atoms with Crippen LogP contribution in [0.1, 0.15) is 68.4 Å². The summed E-state index contributed by atoms with van der Waals surface area (Å²) in [6.07, 6.45) is 10.7. The third kappa shape index (κ3) is 3.42. The zero-order valence-electron chi connectivity index (χ0n) is 13.6. The number of hydrogen-bond donors (Lipinski definition) is 0. The smallest absolute Gasteiger partial charge is 0.126 e. The highest BCUT2D eigenvalue weighted by Crippen LogP contribution is 2.43. The molecule has 1 nitrogen and oxygen atoms in total. The second kappa shape index (κ2) is 6.93. The van der Waals surface area contributed by atoms with Gasteiger partial charge in [-0.25, -0.2) is 4.39 Å². The summed E-state index contributed by atoms with van der Waals surface area (Å²) in [4.78, 5) is 10.9. The average molecular weight is 302 g/mol. The van der Waals surface area contributed by atoms with Crippen molar-refractivity contribution >= 4 is 6.29 Å². The quantitative estimate of drug-likeness (QED) is 0.682. The summed E-state index contributed by atoms with van der Waals surface area (Å²) in [6, 6.07) is 5.77. The fourth-order valence-corrected chi connectivity index (χ4v) is 4.54. The first-order valence-electron chi connectivity index (χ1n) is 8.88. The van der Waals surface area contributed by atoms with Crippen LogP contribution in [0, 0.1) is 30.5 Å². The van der Waals surface area contributed by atoms with E-state index in [2.05, 4.69) is 6.07 Å². The molecule has 3 rings (SSSR count). The maximum absolute atomic E-state index is 13.7. The molecule has 0 aromatic heterocycles. The Bertz CT molecular complexity index is 508. The molecule has 2 heteroatoms. The van der Waals surface area contributed by atoms with Crippen molar-refractivity contribution in [3.05, 3.63) is 35.1 Å². The molecule has 0 heterocycles. The van der Waals surface area contributed by atoms with E-state index < -0.39 is 0 Å². The fraction of sp³-hybridized carbons (Fsp3) is 0.650. The fourth-order valence-electron chi connectivity index (χ4n) is 4.54. The lowest BCUT2D eigenvalue weighted by Crippen LogP contribution is -2.25. The standard InChI is InChI=1S/C20H27FO/c1-14-2-5-19(12-20(14)21)18-10-8-17(9-11-18)16-6-3-15(13-22)4-7-16/h2,5,12-13,15-18H,3-4,6-11H2,1H3/t15?,16?,17-,18-. The van der Waals surface area contributed by atoms with Gasteiger partial charge in [-0.3, -0.25) is 0 Å². The van der Waals surface area contributed by atoms with Crippen LogP contribution in [-0.4, -0.2) is 6.29 Å². The van der Waals surface area contributed by atoms with Crippen molar-refractivity contribution in [2.75, 3.05) is 0 Å². The van der Waals surface area contributed by atoms with E-state index in [0.717, 1.165) is 36.5 Å². The highest BCUT2D eigenvalue weighted by Gasteiger charge is 2.31. The zero-order valence-corrected chi connectivity index (χ0v) is 13.6. The van der Waals surface area contributed by atoms with Crippen molar-refractivity contribution in [1.82, 2.24) is 0 Å². The molecule has 2 aliphatic carbocycles. The van der Waals surface area contributed by atoms with Crippen LogP contribution >= 0.6 is 0 Å². The monoisotopic (exact) mass is 302 g/mol. The molecule has 1 aromatic rings. The molecular weight excluding hydrogens is 275 g/mol. The van der Waals surface area contributed by atoms with Crippen molar-refractivity contribution in [2.45, 2.75) is 64.2 Å². The van der Waals surface area contributed by atoms with Gasteiger partial charge in [0.1, 0.15) is 12.1 Å². The summed E-state index contributed by atoms with van der Waals surface area (Å²) in [5, 5.41) is 0. The van der Waals surface area contributed by atoms with Gasteiger partial charge in [-0.2, -0.15) is 0 Å². The molecule has 0 atom stereocenters. The Labute approximate surface area is 133 Å². The third-order valence-electron chi connectivity index (χ3n) is 6.11. The van der Waals surface area contributed by atoms with Crippen molar-refractivity contribution in [3.63, 3.8) is 0 Å². The molecule has 0 aliphatic heterocycles. The summed E-state index contributed by atoms with van der Waals surface area (Å²) in [6.45, 7) is 1.83. The van der Waals surface area contributed by atoms with Gasteiger partial charge < -0.3 is 4.79 Å². The van der Waals surface area contributed by atoms with Crippen LogP contribution in [0.5, 0.6) is 0 Å². The van der Waals surface area contributed by atoms with Gasteiger partial charge in [0.25, 0.3) is 0 Å². The normalized spacial score (nSPS) is 32.6. The predicted octanol–water partition coefficient (Wildman–Crippen LogP) is 5.41. The first-order chi connectivity index (χ1) is 10.7. The highest BCUT2D eigenvalue weighted by molar-refractivity contribution is 5.53. The van der Waals surface area contributed by atoms with E-state index in [0.29, 0.717) is 11.8 Å². The molecule has 0 radical (unpaired) electrons. The van der Waals surface area contributed by atoms with Crippen molar-refractivity contribution in [1.29, 1.82) is 0 Å². The maximum atomic E-state index is 13.7. The van der Waals surface area contributed by atoms with Crippen LogP contribution in [-0.2, 0) is 4.79 Å². The van der Waals surface area contributed by atoms with Gasteiger partial charge in [-0.05, 0) is 93.2 Å². The Morgan fingerprint density at radius 3 is 2.09 bits per heavy atom. The van der Waals surface area contributed by atoms with E-state index in [4.69, 9.17) is 0 Å². The highest BCUT2D eigenvalue weighted by atomic mass is 19.1. The minimum atomic E-state index is -0.0631. The molecule has 22 heavy (non-hydrogen) atoms. The van der Waals surface area contributed by atoms with Crippen molar-refractivity contribution < 1.29 is 9.18 Å². The van der Waals surface area contributed by atoms with Crippen molar-refractivity contribution in [2.24, 2.45) is 17.8 Å². The summed E-state index contributed by atoms with van der Waals surface area (Å²) in [5.41, 5.74) is 1.93. The number of aldehydes is 1. The number of aryl methyl sites for hydroxylation is 1. The molecule has 0 unspecified atom stereocenters. The van der Waals surface area contributed by atoms with Crippen molar-refractivity contribution in [3.8, 4) is 0 Å². The first-order valence-corrected chi connectivity index (χ1v) is 8.88. The molecule has 1 aromatic carbocycles. The molecule has 0 bridgehead atoms. The topological polar surface area (TPSA) is 17.1 Å². The lowest BCUT2D eigenvalue weighted by atomic mass is 9.68. The Morgan fingerprint density at radius 2 is 1.55 bits per heavy atom. The van der Waals surface area contributed by atoms with E-state index in [1.165, 1.54) is 44.1 Å². The van der Waals surface area contributed by atoms with E-state index in [-0.39, 0.29) is 5.82 Å². The number of carbonyl (C=O) groups excluding carboxylic acids is 1. The first kappa shape index (κ1) is 15.7. The largest absolute Gasteiger partial charge is 0.303 e. The molecular formula is C20H27FO. The molecule has 0 amide bonds. The molecule has 2 fully saturated rings. The summed E-state index contributed by atoms with van der Waals surface area (Å²) < 4.78 is 13.7. The summed E-state index contributed by atoms with van der Waals surface area (Å²) in [5.74, 6) is 2.46. The number of benzene rings is 1. The lowest BCUT2D eigenvalue weighted by molar-refractivity contribution is -0.112. The van der Waals surface area contributed by atoms with E-state index in [1.54, 1.807) is 6.07 Å². The Hall–Kier alpha value is -1.18. The van der Waals surface area contributed by atoms with Gasteiger partial charge in [0.05, 0.1) is 0 Å². The Balaban J connectivity index is 1.54. The molecule has 2 aliphatic rings. The number of halogens is 1. The Kier molecular flexibility index (Phi) is 4.95. The van der Waals surface area contributed by atoms with Gasteiger partial charge in [0.15, 0.2) is 0 Å². The number of rotatable bonds is 3. The molecule has 0 spiro atoms. The number of hydrogen-bond acceptors (Lipinski definition) is 1. The van der Waals surface area contributed by atoms with Gasteiger partial charge in [0.2, 0.25) is 0 Å². The lowest BCUT2D eigenvalue weighted by Gasteiger charge is -2.37. The third-order valence-corrected chi connectivity index (χ3v) is 6.11. The molecule has 2 saturated carbocycles. The van der Waals surface area contributed by atoms with E-state index in [9.17, 15) is 9.18 Å². The Morgan fingerprint density at radius 1 is 0.955 bits per heavy atom. The van der Waals surface area contributed by atoms with E-state index in [1.807, 2.05) is 13.0 Å². The minimum Gasteiger partial charge on any atom is -0.303 e. The van der Waals surface area contributed by atoms with Crippen LogP contribution in [0.4, 0.5) is 4.39 Å². The van der Waals surface area contributed by atoms with Gasteiger partial charge in [0, 0.05) is 5.92 Å². The van der Waals surface area contributed by atoms with Gasteiger partial charge in [-0.15, -0.1) is 0 Å². The SMILES string of the molecule is Cc1ccc([C@H]2CC[C@H](C3CCC(C=O)CC3)CC2)cc1F. The molecule has 0 N–H and O–H groups in total. The molecule has 0 saturated heterocycles. The van der Waals surface area contributed by atoms with Crippen LogP contribution in [0.15, 0.2) is 18.2 Å². The summed E-state index contributed by atoms with van der Waals surface area (Å²) >= 11 is 0. The zero-order chi connectivity index (χ0) is 15.5. The van der Waals surface area contributed by atoms with Gasteiger partial charge in [-0.1, -0.05) is 12.1 Å².